The van der Waals surface area contributed by atoms with Crippen LogP contribution in [0.15, 0.2) is 35.1 Å². The summed E-state index contributed by atoms with van der Waals surface area (Å²) in [6.45, 7) is 4.20. The van der Waals surface area contributed by atoms with E-state index in [9.17, 15) is 9.59 Å². The third kappa shape index (κ3) is 2.93. The van der Waals surface area contributed by atoms with Crippen molar-refractivity contribution in [3.63, 3.8) is 0 Å². The van der Waals surface area contributed by atoms with Crippen LogP contribution >= 0.6 is 0 Å². The molecule has 0 spiro atoms. The molecule has 0 saturated carbocycles. The molecule has 1 aromatic heterocycles. The van der Waals surface area contributed by atoms with E-state index in [4.69, 9.17) is 5.11 Å². The van der Waals surface area contributed by atoms with Crippen molar-refractivity contribution in [1.29, 1.82) is 0 Å². The van der Waals surface area contributed by atoms with Gasteiger partial charge >= 0.3 is 5.97 Å². The fraction of sp³-hybridized carbons (Fsp3) is 0.267. The molecule has 0 unspecified atom stereocenters. The third-order valence-electron chi connectivity index (χ3n) is 3.04. The van der Waals surface area contributed by atoms with Gasteiger partial charge in [0.15, 0.2) is 0 Å². The summed E-state index contributed by atoms with van der Waals surface area (Å²) in [7, 11) is 0. The molecule has 0 saturated heterocycles. The Labute approximate surface area is 116 Å². The normalized spacial score (nSPS) is 10.5. The molecule has 5 heteroatoms. The van der Waals surface area contributed by atoms with E-state index in [1.807, 2.05) is 31.2 Å². The topological polar surface area (TPSA) is 72.2 Å². The standard InChI is InChI=1S/C15H16N2O3/c1-3-17-15(20)12(9-14(18)19)8-13(16-17)11-6-4-10(2)5-7-11/h4-8H,3,9H2,1-2H3,(H,18,19). The number of carboxylic acid groups (broad SMARTS) is 1. The first-order valence-corrected chi connectivity index (χ1v) is 6.41. The van der Waals surface area contributed by atoms with Crippen molar-refractivity contribution in [3.05, 3.63) is 51.8 Å². The van der Waals surface area contributed by atoms with E-state index in [0.29, 0.717) is 12.2 Å². The molecular formula is C15H16N2O3. The van der Waals surface area contributed by atoms with Gasteiger partial charge in [-0.2, -0.15) is 5.10 Å². The summed E-state index contributed by atoms with van der Waals surface area (Å²) in [5.41, 5.74) is 2.52. The summed E-state index contributed by atoms with van der Waals surface area (Å²) in [4.78, 5) is 22.9. The minimum Gasteiger partial charge on any atom is -0.481 e. The van der Waals surface area contributed by atoms with Gasteiger partial charge in [0.1, 0.15) is 0 Å². The van der Waals surface area contributed by atoms with Crippen molar-refractivity contribution in [1.82, 2.24) is 9.78 Å². The summed E-state index contributed by atoms with van der Waals surface area (Å²) >= 11 is 0. The SMILES string of the molecule is CCn1nc(-c2ccc(C)cc2)cc(CC(=O)O)c1=O. The fourth-order valence-corrected chi connectivity index (χ4v) is 1.97. The molecular weight excluding hydrogens is 256 g/mol. The number of aromatic nitrogens is 2. The quantitative estimate of drug-likeness (QED) is 0.922. The molecule has 0 atom stereocenters. The second-order valence-corrected chi connectivity index (χ2v) is 4.61. The monoisotopic (exact) mass is 272 g/mol. The van der Waals surface area contributed by atoms with E-state index in [0.717, 1.165) is 11.1 Å². The molecule has 20 heavy (non-hydrogen) atoms. The lowest BCUT2D eigenvalue weighted by Crippen LogP contribution is -2.27. The summed E-state index contributed by atoms with van der Waals surface area (Å²) < 4.78 is 1.30. The van der Waals surface area contributed by atoms with Crippen LogP contribution in [0.1, 0.15) is 18.1 Å². The van der Waals surface area contributed by atoms with Crippen LogP contribution in [0.3, 0.4) is 0 Å². The number of hydrogen-bond acceptors (Lipinski definition) is 3. The number of aliphatic carboxylic acids is 1. The molecule has 0 amide bonds. The molecule has 1 aromatic carbocycles. The van der Waals surface area contributed by atoms with Gasteiger partial charge in [-0.15, -0.1) is 0 Å². The molecule has 2 aromatic rings. The molecule has 2 rings (SSSR count). The first kappa shape index (κ1) is 14.0. The zero-order valence-electron chi connectivity index (χ0n) is 11.5. The largest absolute Gasteiger partial charge is 0.481 e. The minimum atomic E-state index is -1.02. The maximum Gasteiger partial charge on any atom is 0.308 e. The first-order chi connectivity index (χ1) is 9.51. The Morgan fingerprint density at radius 3 is 2.50 bits per heavy atom. The predicted molar refractivity (Wildman–Crippen MR) is 75.7 cm³/mol. The second kappa shape index (κ2) is 5.69. The third-order valence-corrected chi connectivity index (χ3v) is 3.04. The molecule has 0 aliphatic heterocycles. The van der Waals surface area contributed by atoms with Crippen molar-refractivity contribution in [3.8, 4) is 11.3 Å². The Balaban J connectivity index is 2.56. The predicted octanol–water partition coefficient (Wildman–Crippen LogP) is 1.87. The molecule has 0 fully saturated rings. The Bertz CT molecular complexity index is 687. The number of benzene rings is 1. The summed E-state index contributed by atoms with van der Waals surface area (Å²) in [5.74, 6) is -1.02. The Morgan fingerprint density at radius 2 is 1.95 bits per heavy atom. The highest BCUT2D eigenvalue weighted by atomic mass is 16.4. The molecule has 5 nitrogen and oxygen atoms in total. The minimum absolute atomic E-state index is 0.255. The fourth-order valence-electron chi connectivity index (χ4n) is 1.97. The Kier molecular flexibility index (Phi) is 3.98. The first-order valence-electron chi connectivity index (χ1n) is 6.41. The van der Waals surface area contributed by atoms with E-state index in [1.54, 1.807) is 13.0 Å². The zero-order chi connectivity index (χ0) is 14.7. The van der Waals surface area contributed by atoms with Crippen LogP contribution in [0.25, 0.3) is 11.3 Å². The van der Waals surface area contributed by atoms with Crippen LogP contribution in [0.4, 0.5) is 0 Å². The van der Waals surface area contributed by atoms with Gasteiger partial charge in [0.25, 0.3) is 5.56 Å². The highest BCUT2D eigenvalue weighted by Crippen LogP contribution is 2.17. The van der Waals surface area contributed by atoms with E-state index in [1.165, 1.54) is 4.68 Å². The Hall–Kier alpha value is -2.43. The molecule has 0 radical (unpaired) electrons. The summed E-state index contributed by atoms with van der Waals surface area (Å²) in [6, 6.07) is 9.29. The highest BCUT2D eigenvalue weighted by molar-refractivity contribution is 5.71. The van der Waals surface area contributed by atoms with Gasteiger partial charge in [-0.1, -0.05) is 29.8 Å². The molecule has 0 aliphatic carbocycles. The van der Waals surface area contributed by atoms with Crippen molar-refractivity contribution in [2.24, 2.45) is 0 Å². The number of nitrogens with zero attached hydrogens (tertiary/aromatic N) is 2. The van der Waals surface area contributed by atoms with E-state index >= 15 is 0 Å². The van der Waals surface area contributed by atoms with Gasteiger partial charge < -0.3 is 5.11 Å². The maximum absolute atomic E-state index is 12.0. The van der Waals surface area contributed by atoms with Gasteiger partial charge in [-0.3, -0.25) is 9.59 Å². The maximum atomic E-state index is 12.0. The molecule has 0 aliphatic rings. The summed E-state index contributed by atoms with van der Waals surface area (Å²) in [6.07, 6.45) is -0.291. The van der Waals surface area contributed by atoms with E-state index < -0.39 is 5.97 Å². The number of rotatable bonds is 4. The molecule has 0 bridgehead atoms. The van der Waals surface area contributed by atoms with Crippen LogP contribution in [0.2, 0.25) is 0 Å². The summed E-state index contributed by atoms with van der Waals surface area (Å²) in [5, 5.41) is 13.2. The van der Waals surface area contributed by atoms with Gasteiger partial charge in [0.2, 0.25) is 0 Å². The highest BCUT2D eigenvalue weighted by Gasteiger charge is 2.12. The van der Waals surface area contributed by atoms with Crippen LogP contribution < -0.4 is 5.56 Å². The average Bonchev–Trinajstić information content (AvgIpc) is 2.41. The van der Waals surface area contributed by atoms with Crippen LogP contribution in [0, 0.1) is 6.92 Å². The molecule has 1 heterocycles. The second-order valence-electron chi connectivity index (χ2n) is 4.61. The smallest absolute Gasteiger partial charge is 0.308 e. The van der Waals surface area contributed by atoms with Crippen LogP contribution in [-0.2, 0) is 17.8 Å². The average molecular weight is 272 g/mol. The molecule has 1 N–H and O–H groups in total. The number of hydrogen-bond donors (Lipinski definition) is 1. The Morgan fingerprint density at radius 1 is 1.30 bits per heavy atom. The van der Waals surface area contributed by atoms with Crippen LogP contribution in [0.5, 0.6) is 0 Å². The lowest BCUT2D eigenvalue weighted by atomic mass is 10.1. The van der Waals surface area contributed by atoms with Crippen molar-refractivity contribution >= 4 is 5.97 Å². The van der Waals surface area contributed by atoms with Gasteiger partial charge in [0, 0.05) is 17.7 Å². The number of aryl methyl sites for hydroxylation is 2. The van der Waals surface area contributed by atoms with Gasteiger partial charge in [0.05, 0.1) is 12.1 Å². The number of carbonyl (C=O) groups is 1. The lowest BCUT2D eigenvalue weighted by Gasteiger charge is -2.08. The van der Waals surface area contributed by atoms with Crippen molar-refractivity contribution in [2.75, 3.05) is 0 Å². The van der Waals surface area contributed by atoms with Gasteiger partial charge in [-0.05, 0) is 19.9 Å². The number of carboxylic acids is 1. The van der Waals surface area contributed by atoms with E-state index in [2.05, 4.69) is 5.10 Å². The van der Waals surface area contributed by atoms with Crippen LogP contribution in [-0.4, -0.2) is 20.9 Å². The zero-order valence-corrected chi connectivity index (χ0v) is 11.5. The van der Waals surface area contributed by atoms with Crippen molar-refractivity contribution < 1.29 is 9.90 Å². The van der Waals surface area contributed by atoms with Gasteiger partial charge in [-0.25, -0.2) is 4.68 Å². The van der Waals surface area contributed by atoms with Crippen molar-refractivity contribution in [2.45, 2.75) is 26.8 Å². The lowest BCUT2D eigenvalue weighted by molar-refractivity contribution is -0.136. The van der Waals surface area contributed by atoms with E-state index in [-0.39, 0.29) is 17.5 Å². The molecule has 104 valence electrons.